The highest BCUT2D eigenvalue weighted by Crippen LogP contribution is 2.20. The highest BCUT2D eigenvalue weighted by molar-refractivity contribution is 5.94. The van der Waals surface area contributed by atoms with Crippen molar-refractivity contribution in [3.63, 3.8) is 0 Å². The number of carbonyl (C=O) groups is 2. The van der Waals surface area contributed by atoms with Crippen LogP contribution in [-0.4, -0.2) is 18.9 Å². The summed E-state index contributed by atoms with van der Waals surface area (Å²) in [6.45, 7) is 3.97. The number of nitrogens with one attached hydrogen (secondary N) is 2. The number of carbonyl (C=O) groups excluding carboxylic acids is 2. The van der Waals surface area contributed by atoms with Gasteiger partial charge in [-0.3, -0.25) is 9.59 Å². The Balaban J connectivity index is 2.02. The summed E-state index contributed by atoms with van der Waals surface area (Å²) in [6, 6.07) is 14.9. The molecule has 5 heteroatoms. The summed E-state index contributed by atoms with van der Waals surface area (Å²) >= 11 is 0. The maximum absolute atomic E-state index is 12.5. The molecule has 0 aliphatic heterocycles. The molecule has 0 aliphatic rings. The Morgan fingerprint density at radius 2 is 1.68 bits per heavy atom. The monoisotopic (exact) mass is 340 g/mol. The van der Waals surface area contributed by atoms with E-state index in [0.717, 1.165) is 23.3 Å². The molecule has 0 spiro atoms. The molecule has 132 valence electrons. The Bertz CT molecular complexity index is 709. The Morgan fingerprint density at radius 3 is 2.20 bits per heavy atom. The van der Waals surface area contributed by atoms with E-state index in [1.165, 1.54) is 6.92 Å². The number of ether oxygens (including phenoxy) is 1. The second-order valence-electron chi connectivity index (χ2n) is 5.81. The van der Waals surface area contributed by atoms with Crippen LogP contribution in [0.2, 0.25) is 0 Å². The van der Waals surface area contributed by atoms with E-state index in [4.69, 9.17) is 4.74 Å². The molecule has 25 heavy (non-hydrogen) atoms. The fourth-order valence-electron chi connectivity index (χ4n) is 2.50. The molecule has 0 bridgehead atoms. The molecule has 0 saturated heterocycles. The average molecular weight is 340 g/mol. The first-order valence-electron chi connectivity index (χ1n) is 8.31. The predicted octanol–water partition coefficient (Wildman–Crippen LogP) is 3.21. The molecule has 0 heterocycles. The van der Waals surface area contributed by atoms with Gasteiger partial charge in [-0.05, 0) is 41.8 Å². The van der Waals surface area contributed by atoms with E-state index >= 15 is 0 Å². The van der Waals surface area contributed by atoms with Gasteiger partial charge >= 0.3 is 0 Å². The average Bonchev–Trinajstić information content (AvgIpc) is 2.64. The molecule has 2 rings (SSSR count). The van der Waals surface area contributed by atoms with E-state index in [9.17, 15) is 9.59 Å². The molecule has 2 amide bonds. The van der Waals surface area contributed by atoms with Crippen LogP contribution >= 0.6 is 0 Å². The standard InChI is InChI=1S/C20H24N2O3/c1-4-19(16-9-11-18(25-3)12-10-16)22-20(24)17-7-5-15(6-8-17)13-21-14(2)23/h5-12,19H,4,13H2,1-3H3,(H,21,23)(H,22,24). The summed E-state index contributed by atoms with van der Waals surface area (Å²) in [5, 5.41) is 5.79. The zero-order valence-corrected chi connectivity index (χ0v) is 14.8. The van der Waals surface area contributed by atoms with Crippen molar-refractivity contribution in [3.8, 4) is 5.75 Å². The van der Waals surface area contributed by atoms with Gasteiger partial charge in [-0.1, -0.05) is 31.2 Å². The first-order valence-corrected chi connectivity index (χ1v) is 8.31. The summed E-state index contributed by atoms with van der Waals surface area (Å²) in [4.78, 5) is 23.4. The van der Waals surface area contributed by atoms with Gasteiger partial charge in [-0.15, -0.1) is 0 Å². The van der Waals surface area contributed by atoms with Gasteiger partial charge in [-0.2, -0.15) is 0 Å². The minimum absolute atomic E-state index is 0.0579. The van der Waals surface area contributed by atoms with Crippen molar-refractivity contribution in [1.82, 2.24) is 10.6 Å². The highest BCUT2D eigenvalue weighted by atomic mass is 16.5. The first-order chi connectivity index (χ1) is 12.0. The predicted molar refractivity (Wildman–Crippen MR) is 97.5 cm³/mol. The number of rotatable bonds is 7. The van der Waals surface area contributed by atoms with Crippen molar-refractivity contribution in [1.29, 1.82) is 0 Å². The van der Waals surface area contributed by atoms with Crippen LogP contribution in [0.4, 0.5) is 0 Å². The summed E-state index contributed by atoms with van der Waals surface area (Å²) in [6.07, 6.45) is 0.790. The van der Waals surface area contributed by atoms with Crippen molar-refractivity contribution in [2.75, 3.05) is 7.11 Å². The number of benzene rings is 2. The molecule has 1 atom stereocenters. The van der Waals surface area contributed by atoms with Crippen LogP contribution in [0.15, 0.2) is 48.5 Å². The molecule has 0 saturated carbocycles. The Kier molecular flexibility index (Phi) is 6.57. The lowest BCUT2D eigenvalue weighted by Crippen LogP contribution is -2.28. The van der Waals surface area contributed by atoms with Gasteiger partial charge in [0, 0.05) is 19.0 Å². The fourth-order valence-corrected chi connectivity index (χ4v) is 2.50. The van der Waals surface area contributed by atoms with Gasteiger partial charge in [-0.25, -0.2) is 0 Å². The molecule has 0 fully saturated rings. The van der Waals surface area contributed by atoms with Gasteiger partial charge in [0.15, 0.2) is 0 Å². The molecule has 1 unspecified atom stereocenters. The zero-order chi connectivity index (χ0) is 18.2. The molecule has 2 N–H and O–H groups in total. The van der Waals surface area contributed by atoms with Gasteiger partial charge < -0.3 is 15.4 Å². The topological polar surface area (TPSA) is 67.4 Å². The Morgan fingerprint density at radius 1 is 1.04 bits per heavy atom. The summed E-state index contributed by atoms with van der Waals surface area (Å²) in [7, 11) is 1.63. The van der Waals surface area contributed by atoms with Gasteiger partial charge in [0.25, 0.3) is 5.91 Å². The molecule has 0 aromatic heterocycles. The van der Waals surface area contributed by atoms with Crippen LogP contribution in [0.25, 0.3) is 0 Å². The van der Waals surface area contributed by atoms with Crippen LogP contribution in [0.3, 0.4) is 0 Å². The van der Waals surface area contributed by atoms with E-state index in [-0.39, 0.29) is 17.9 Å². The van der Waals surface area contributed by atoms with E-state index in [1.54, 1.807) is 19.2 Å². The van der Waals surface area contributed by atoms with Crippen molar-refractivity contribution < 1.29 is 14.3 Å². The molecular formula is C20H24N2O3. The number of hydrogen-bond acceptors (Lipinski definition) is 3. The molecule has 0 aliphatic carbocycles. The van der Waals surface area contributed by atoms with Crippen LogP contribution in [0.5, 0.6) is 5.75 Å². The Labute approximate surface area is 148 Å². The zero-order valence-electron chi connectivity index (χ0n) is 14.8. The number of methoxy groups -OCH3 is 1. The summed E-state index contributed by atoms with van der Waals surface area (Å²) in [5.41, 5.74) is 2.59. The van der Waals surface area contributed by atoms with Crippen LogP contribution in [0, 0.1) is 0 Å². The minimum Gasteiger partial charge on any atom is -0.497 e. The third-order valence-electron chi connectivity index (χ3n) is 3.99. The van der Waals surface area contributed by atoms with Gasteiger partial charge in [0.1, 0.15) is 5.75 Å². The van der Waals surface area contributed by atoms with Crippen molar-refractivity contribution in [2.45, 2.75) is 32.9 Å². The van der Waals surface area contributed by atoms with Crippen molar-refractivity contribution >= 4 is 11.8 Å². The third kappa shape index (κ3) is 5.35. The third-order valence-corrected chi connectivity index (χ3v) is 3.99. The first kappa shape index (κ1) is 18.5. The highest BCUT2D eigenvalue weighted by Gasteiger charge is 2.14. The normalized spacial score (nSPS) is 11.5. The molecule has 5 nitrogen and oxygen atoms in total. The summed E-state index contributed by atoms with van der Waals surface area (Å²) < 4.78 is 5.17. The lowest BCUT2D eigenvalue weighted by atomic mass is 10.0. The number of hydrogen-bond donors (Lipinski definition) is 2. The molecule has 2 aromatic carbocycles. The lowest BCUT2D eigenvalue weighted by molar-refractivity contribution is -0.119. The second kappa shape index (κ2) is 8.87. The van der Waals surface area contributed by atoms with Crippen LogP contribution in [0.1, 0.15) is 47.8 Å². The second-order valence-corrected chi connectivity index (χ2v) is 5.81. The number of amides is 2. The maximum Gasteiger partial charge on any atom is 0.251 e. The Hall–Kier alpha value is -2.82. The quantitative estimate of drug-likeness (QED) is 0.813. The van der Waals surface area contributed by atoms with E-state index < -0.39 is 0 Å². The van der Waals surface area contributed by atoms with E-state index in [1.807, 2.05) is 43.3 Å². The summed E-state index contributed by atoms with van der Waals surface area (Å²) in [5.74, 6) is 0.598. The maximum atomic E-state index is 12.5. The van der Waals surface area contributed by atoms with E-state index in [2.05, 4.69) is 10.6 Å². The molecule has 2 aromatic rings. The molecule has 0 radical (unpaired) electrons. The smallest absolute Gasteiger partial charge is 0.251 e. The van der Waals surface area contributed by atoms with Crippen molar-refractivity contribution in [3.05, 3.63) is 65.2 Å². The molecular weight excluding hydrogens is 316 g/mol. The van der Waals surface area contributed by atoms with Gasteiger partial charge in [0.05, 0.1) is 13.2 Å². The van der Waals surface area contributed by atoms with E-state index in [0.29, 0.717) is 12.1 Å². The lowest BCUT2D eigenvalue weighted by Gasteiger charge is -2.18. The fraction of sp³-hybridized carbons (Fsp3) is 0.300. The van der Waals surface area contributed by atoms with Crippen LogP contribution in [-0.2, 0) is 11.3 Å². The van der Waals surface area contributed by atoms with Crippen LogP contribution < -0.4 is 15.4 Å². The minimum atomic E-state index is -0.117. The van der Waals surface area contributed by atoms with Gasteiger partial charge in [0.2, 0.25) is 5.91 Å². The SMILES string of the molecule is CCC(NC(=O)c1ccc(CNC(C)=O)cc1)c1ccc(OC)cc1. The largest absolute Gasteiger partial charge is 0.497 e. The van der Waals surface area contributed by atoms with Crippen molar-refractivity contribution in [2.24, 2.45) is 0 Å².